The summed E-state index contributed by atoms with van der Waals surface area (Å²) < 4.78 is 19.3. The van der Waals surface area contributed by atoms with Crippen molar-refractivity contribution in [1.29, 1.82) is 0 Å². The summed E-state index contributed by atoms with van der Waals surface area (Å²) in [6.07, 6.45) is 1.23. The molecule has 8 heteroatoms. The summed E-state index contributed by atoms with van der Waals surface area (Å²) in [5.41, 5.74) is 0.550. The summed E-state index contributed by atoms with van der Waals surface area (Å²) >= 11 is 0. The molecule has 0 spiro atoms. The molecule has 8 nitrogen and oxygen atoms in total. The third-order valence-corrected chi connectivity index (χ3v) is 2.87. The Bertz CT molecular complexity index is 487. The number of unbranched alkanes of at least 4 members (excludes halogenated alkanes) is 1. The van der Waals surface area contributed by atoms with Crippen molar-refractivity contribution in [3.8, 4) is 0 Å². The van der Waals surface area contributed by atoms with Crippen LogP contribution in [-0.4, -0.2) is 50.3 Å². The standard InChI is InChI=1S/C18H26O8/c1-13(2)17(21)25-11-9-23-15(19)7-5-6-8-16(20)24-10-12-26-18(22)14(3)4/h1,3,5-12H2,2,4H3. The second-order valence-corrected chi connectivity index (χ2v) is 5.48. The molecule has 26 heavy (non-hydrogen) atoms. The van der Waals surface area contributed by atoms with Gasteiger partial charge in [0.1, 0.15) is 26.4 Å². The molecule has 0 aliphatic rings. The molecule has 0 radical (unpaired) electrons. The molecule has 0 saturated heterocycles. The monoisotopic (exact) mass is 370 g/mol. The Kier molecular flexibility index (Phi) is 12.2. The van der Waals surface area contributed by atoms with Gasteiger partial charge in [0.25, 0.3) is 0 Å². The molecule has 0 saturated carbocycles. The van der Waals surface area contributed by atoms with Crippen molar-refractivity contribution in [2.45, 2.75) is 39.5 Å². The summed E-state index contributed by atoms with van der Waals surface area (Å²) in [6.45, 7) is 9.79. The van der Waals surface area contributed by atoms with Crippen LogP contribution in [-0.2, 0) is 38.1 Å². The van der Waals surface area contributed by atoms with E-state index in [1.54, 1.807) is 0 Å². The van der Waals surface area contributed by atoms with Crippen molar-refractivity contribution >= 4 is 23.9 Å². The molecule has 0 aliphatic heterocycles. The minimum atomic E-state index is -0.533. The van der Waals surface area contributed by atoms with Gasteiger partial charge in [-0.15, -0.1) is 0 Å². The van der Waals surface area contributed by atoms with Crippen molar-refractivity contribution in [3.63, 3.8) is 0 Å². The van der Waals surface area contributed by atoms with Gasteiger partial charge in [-0.25, -0.2) is 9.59 Å². The van der Waals surface area contributed by atoms with Gasteiger partial charge in [0.15, 0.2) is 0 Å². The molecule has 0 aliphatic carbocycles. The van der Waals surface area contributed by atoms with Crippen LogP contribution in [0.5, 0.6) is 0 Å². The van der Waals surface area contributed by atoms with E-state index in [0.29, 0.717) is 12.8 Å². The molecule has 0 aromatic rings. The average molecular weight is 370 g/mol. The van der Waals surface area contributed by atoms with Crippen LogP contribution in [0, 0.1) is 0 Å². The predicted octanol–water partition coefficient (Wildman–Crippen LogP) is 1.87. The first-order valence-electron chi connectivity index (χ1n) is 8.20. The fourth-order valence-corrected chi connectivity index (χ4v) is 1.51. The number of hydrogen-bond acceptors (Lipinski definition) is 8. The van der Waals surface area contributed by atoms with Crippen molar-refractivity contribution in [2.75, 3.05) is 26.4 Å². The fourth-order valence-electron chi connectivity index (χ4n) is 1.51. The number of carbonyl (C=O) groups is 4. The summed E-state index contributed by atoms with van der Waals surface area (Å²) in [5, 5.41) is 0. The van der Waals surface area contributed by atoms with E-state index < -0.39 is 23.9 Å². The van der Waals surface area contributed by atoms with Crippen LogP contribution in [0.1, 0.15) is 39.5 Å². The smallest absolute Gasteiger partial charge is 0.333 e. The molecule has 0 N–H and O–H groups in total. The molecule has 0 aromatic carbocycles. The lowest BCUT2D eigenvalue weighted by Gasteiger charge is -2.07. The van der Waals surface area contributed by atoms with Crippen LogP contribution in [0.15, 0.2) is 24.3 Å². The minimum absolute atomic E-state index is 0.0250. The fraction of sp³-hybridized carbons (Fsp3) is 0.556. The van der Waals surface area contributed by atoms with Crippen LogP contribution >= 0.6 is 0 Å². The van der Waals surface area contributed by atoms with Gasteiger partial charge >= 0.3 is 23.9 Å². The van der Waals surface area contributed by atoms with Gasteiger partial charge in [-0.2, -0.15) is 0 Å². The van der Waals surface area contributed by atoms with Crippen LogP contribution in [0.2, 0.25) is 0 Å². The molecule has 0 unspecified atom stereocenters. The Morgan fingerprint density at radius 1 is 0.615 bits per heavy atom. The molecule has 0 rings (SSSR count). The lowest BCUT2D eigenvalue weighted by Crippen LogP contribution is -2.15. The Balaban J connectivity index is 3.57. The number of carbonyl (C=O) groups excluding carboxylic acids is 4. The first kappa shape index (κ1) is 23.4. The highest BCUT2D eigenvalue weighted by Gasteiger charge is 2.08. The zero-order chi connectivity index (χ0) is 19.9. The van der Waals surface area contributed by atoms with Crippen molar-refractivity contribution in [3.05, 3.63) is 24.3 Å². The van der Waals surface area contributed by atoms with Crippen LogP contribution in [0.25, 0.3) is 0 Å². The highest BCUT2D eigenvalue weighted by Crippen LogP contribution is 2.03. The second-order valence-electron chi connectivity index (χ2n) is 5.48. The summed E-state index contributed by atoms with van der Waals surface area (Å²) in [4.78, 5) is 45.1. The van der Waals surface area contributed by atoms with E-state index in [2.05, 4.69) is 13.2 Å². The maximum Gasteiger partial charge on any atom is 0.333 e. The Morgan fingerprint density at radius 3 is 1.23 bits per heavy atom. The molecule has 0 bridgehead atoms. The minimum Gasteiger partial charge on any atom is -0.462 e. The average Bonchev–Trinajstić information content (AvgIpc) is 2.58. The number of rotatable bonds is 13. The molecular formula is C18H26O8. The lowest BCUT2D eigenvalue weighted by atomic mass is 10.2. The second kappa shape index (κ2) is 13.6. The Hall–Kier alpha value is -2.64. The highest BCUT2D eigenvalue weighted by molar-refractivity contribution is 5.87. The maximum atomic E-state index is 11.4. The summed E-state index contributed by atoms with van der Waals surface area (Å²) in [6, 6.07) is 0. The number of ether oxygens (including phenoxy) is 4. The number of hydrogen-bond donors (Lipinski definition) is 0. The van der Waals surface area contributed by atoms with Crippen molar-refractivity contribution in [2.24, 2.45) is 0 Å². The van der Waals surface area contributed by atoms with Gasteiger partial charge in [0, 0.05) is 24.0 Å². The normalized spacial score (nSPS) is 9.77. The first-order chi connectivity index (χ1) is 12.2. The van der Waals surface area contributed by atoms with E-state index in [-0.39, 0.29) is 50.4 Å². The van der Waals surface area contributed by atoms with Crippen molar-refractivity contribution < 1.29 is 38.1 Å². The molecule has 0 fully saturated rings. The van der Waals surface area contributed by atoms with E-state index >= 15 is 0 Å². The third kappa shape index (κ3) is 12.7. The van der Waals surface area contributed by atoms with Gasteiger partial charge in [-0.05, 0) is 26.7 Å². The summed E-state index contributed by atoms with van der Waals surface area (Å²) in [5.74, 6) is -1.93. The molecule has 146 valence electrons. The molecule has 0 amide bonds. The van der Waals surface area contributed by atoms with Gasteiger partial charge in [-0.1, -0.05) is 13.2 Å². The SMILES string of the molecule is C=C(C)C(=O)OCCOC(=O)CCCCC(=O)OCCOC(=O)C(=C)C. The molecule has 0 atom stereocenters. The van der Waals surface area contributed by atoms with Crippen LogP contribution in [0.3, 0.4) is 0 Å². The van der Waals surface area contributed by atoms with Gasteiger partial charge in [0.05, 0.1) is 0 Å². The van der Waals surface area contributed by atoms with Crippen molar-refractivity contribution in [1.82, 2.24) is 0 Å². The maximum absolute atomic E-state index is 11.4. The highest BCUT2D eigenvalue weighted by atomic mass is 16.6. The first-order valence-corrected chi connectivity index (χ1v) is 8.20. The molecular weight excluding hydrogens is 344 g/mol. The van der Waals surface area contributed by atoms with E-state index in [1.165, 1.54) is 13.8 Å². The van der Waals surface area contributed by atoms with Gasteiger partial charge in [0.2, 0.25) is 0 Å². The Morgan fingerprint density at radius 2 is 0.923 bits per heavy atom. The van der Waals surface area contributed by atoms with E-state index in [4.69, 9.17) is 18.9 Å². The topological polar surface area (TPSA) is 105 Å². The van der Waals surface area contributed by atoms with Gasteiger partial charge in [-0.3, -0.25) is 9.59 Å². The van der Waals surface area contributed by atoms with E-state index in [1.807, 2.05) is 0 Å². The Labute approximate surface area is 153 Å². The zero-order valence-electron chi connectivity index (χ0n) is 15.3. The largest absolute Gasteiger partial charge is 0.462 e. The van der Waals surface area contributed by atoms with Crippen LogP contribution < -0.4 is 0 Å². The quantitative estimate of drug-likeness (QED) is 0.209. The van der Waals surface area contributed by atoms with E-state index in [0.717, 1.165) is 0 Å². The zero-order valence-corrected chi connectivity index (χ0v) is 15.3. The molecule has 0 heterocycles. The van der Waals surface area contributed by atoms with E-state index in [9.17, 15) is 19.2 Å². The van der Waals surface area contributed by atoms with Crippen LogP contribution in [0.4, 0.5) is 0 Å². The third-order valence-electron chi connectivity index (χ3n) is 2.87. The van der Waals surface area contributed by atoms with Gasteiger partial charge < -0.3 is 18.9 Å². The number of esters is 4. The molecule has 0 aromatic heterocycles. The summed E-state index contributed by atoms with van der Waals surface area (Å²) in [7, 11) is 0. The predicted molar refractivity (Wildman–Crippen MR) is 91.9 cm³/mol. The lowest BCUT2D eigenvalue weighted by molar-refractivity contribution is -0.151.